The first kappa shape index (κ1) is 18.6. The molecule has 3 aromatic rings. The molecule has 3 rings (SSSR count). The summed E-state index contributed by atoms with van der Waals surface area (Å²) in [5, 5.41) is 13.1. The molecule has 27 heavy (non-hydrogen) atoms. The largest absolute Gasteiger partial charge is 0.276 e. The number of rotatable bonds is 4. The van der Waals surface area contributed by atoms with Crippen molar-refractivity contribution in [3.05, 3.63) is 70.8 Å². The minimum Gasteiger partial charge on any atom is -0.276 e. The molecule has 0 aliphatic carbocycles. The van der Waals surface area contributed by atoms with E-state index in [1.54, 1.807) is 17.7 Å². The lowest BCUT2D eigenvalue weighted by atomic mass is 10.1. The molecule has 0 spiro atoms. The summed E-state index contributed by atoms with van der Waals surface area (Å²) < 4.78 is 43.3. The van der Waals surface area contributed by atoms with Crippen LogP contribution in [-0.2, 0) is 10.0 Å². The van der Waals surface area contributed by atoms with E-state index in [4.69, 9.17) is 5.26 Å². The van der Waals surface area contributed by atoms with Gasteiger partial charge >= 0.3 is 0 Å². The van der Waals surface area contributed by atoms with E-state index in [0.29, 0.717) is 5.69 Å². The van der Waals surface area contributed by atoms with Crippen molar-refractivity contribution >= 4 is 15.7 Å². The van der Waals surface area contributed by atoms with E-state index in [-0.39, 0.29) is 11.3 Å². The smallest absolute Gasteiger partial charge is 0.264 e. The molecule has 138 valence electrons. The highest BCUT2D eigenvalue weighted by Crippen LogP contribution is 2.25. The molecule has 8 heteroatoms. The average molecular weight is 384 g/mol. The van der Waals surface area contributed by atoms with Gasteiger partial charge in [0.2, 0.25) is 0 Å². The molecule has 0 atom stereocenters. The Kier molecular flexibility index (Phi) is 4.72. The van der Waals surface area contributed by atoms with E-state index in [0.717, 1.165) is 28.9 Å². The van der Waals surface area contributed by atoms with Crippen LogP contribution in [0.15, 0.2) is 47.5 Å². The van der Waals surface area contributed by atoms with Gasteiger partial charge in [0.15, 0.2) is 0 Å². The molecule has 1 aromatic heterocycles. The molecule has 0 unspecified atom stereocenters. The van der Waals surface area contributed by atoms with E-state index in [1.807, 2.05) is 32.0 Å². The van der Waals surface area contributed by atoms with Gasteiger partial charge in [-0.05, 0) is 56.2 Å². The molecule has 0 fully saturated rings. The number of aromatic nitrogens is 2. The van der Waals surface area contributed by atoms with E-state index < -0.39 is 20.7 Å². The third kappa shape index (κ3) is 3.55. The van der Waals surface area contributed by atoms with Crippen LogP contribution in [0.1, 0.15) is 22.4 Å². The second-order valence-corrected chi connectivity index (χ2v) is 7.86. The molecule has 2 aromatic carbocycles. The summed E-state index contributed by atoms with van der Waals surface area (Å²) in [5.74, 6) is -0.985. The Labute approximate surface area is 156 Å². The fourth-order valence-electron chi connectivity index (χ4n) is 2.69. The minimum atomic E-state index is -4.17. The zero-order valence-corrected chi connectivity index (χ0v) is 15.8. The van der Waals surface area contributed by atoms with Crippen LogP contribution in [0.3, 0.4) is 0 Å². The Bertz CT molecular complexity index is 1180. The van der Waals surface area contributed by atoms with Gasteiger partial charge in [0.25, 0.3) is 10.0 Å². The summed E-state index contributed by atoms with van der Waals surface area (Å²) >= 11 is 0. The SMILES string of the molecule is Cc1ccc(C)c(-n2ncc(NS(=O)(=O)c3ccc(C#N)cc3F)c2C)c1. The van der Waals surface area contributed by atoms with E-state index in [1.165, 1.54) is 12.3 Å². The first-order valence-corrected chi connectivity index (χ1v) is 9.56. The molecule has 0 aliphatic heterocycles. The number of halogens is 1. The first-order chi connectivity index (χ1) is 12.7. The maximum atomic E-state index is 14.1. The maximum absolute atomic E-state index is 14.1. The Morgan fingerprint density at radius 1 is 1.15 bits per heavy atom. The van der Waals surface area contributed by atoms with E-state index in [2.05, 4.69) is 9.82 Å². The fraction of sp³-hybridized carbons (Fsp3) is 0.158. The second kappa shape index (κ2) is 6.85. The second-order valence-electron chi connectivity index (χ2n) is 6.21. The lowest BCUT2D eigenvalue weighted by Gasteiger charge is -2.11. The normalized spacial score (nSPS) is 11.2. The lowest BCUT2D eigenvalue weighted by molar-refractivity contribution is 0.570. The van der Waals surface area contributed by atoms with Crippen LogP contribution in [0.5, 0.6) is 0 Å². The van der Waals surface area contributed by atoms with Gasteiger partial charge in [-0.15, -0.1) is 0 Å². The molecule has 0 bridgehead atoms. The predicted octanol–water partition coefficient (Wildman–Crippen LogP) is 3.61. The van der Waals surface area contributed by atoms with Crippen molar-refractivity contribution in [2.24, 2.45) is 0 Å². The summed E-state index contributed by atoms with van der Waals surface area (Å²) in [6.07, 6.45) is 1.39. The Morgan fingerprint density at radius 3 is 2.56 bits per heavy atom. The zero-order valence-electron chi connectivity index (χ0n) is 15.0. The highest BCUT2D eigenvalue weighted by molar-refractivity contribution is 7.92. The van der Waals surface area contributed by atoms with Crippen molar-refractivity contribution < 1.29 is 12.8 Å². The molecule has 1 heterocycles. The number of nitrogens with one attached hydrogen (secondary N) is 1. The Balaban J connectivity index is 1.99. The third-order valence-electron chi connectivity index (χ3n) is 4.20. The summed E-state index contributed by atoms with van der Waals surface area (Å²) in [5.41, 5.74) is 3.74. The molecule has 6 nitrogen and oxygen atoms in total. The van der Waals surface area contributed by atoms with Gasteiger partial charge in [-0.1, -0.05) is 12.1 Å². The molecule has 0 amide bonds. The van der Waals surface area contributed by atoms with Crippen molar-refractivity contribution in [3.63, 3.8) is 0 Å². The molecule has 0 saturated heterocycles. The number of hydrogen-bond acceptors (Lipinski definition) is 4. The van der Waals surface area contributed by atoms with Gasteiger partial charge in [0.1, 0.15) is 10.7 Å². The molecular formula is C19H17FN4O2S. The summed E-state index contributed by atoms with van der Waals surface area (Å²) in [4.78, 5) is -0.527. The molecule has 0 aliphatic rings. The fourth-order valence-corrected chi connectivity index (χ4v) is 3.85. The van der Waals surface area contributed by atoms with Crippen LogP contribution in [0, 0.1) is 37.9 Å². The number of hydrogen-bond donors (Lipinski definition) is 1. The Morgan fingerprint density at radius 2 is 1.89 bits per heavy atom. The number of anilines is 1. The first-order valence-electron chi connectivity index (χ1n) is 8.07. The molecule has 1 N–H and O–H groups in total. The topological polar surface area (TPSA) is 87.8 Å². The molecule has 0 radical (unpaired) electrons. The highest BCUT2D eigenvalue weighted by Gasteiger charge is 2.22. The zero-order chi connectivity index (χ0) is 19.8. The summed E-state index contributed by atoms with van der Waals surface area (Å²) in [6, 6.07) is 10.9. The lowest BCUT2D eigenvalue weighted by Crippen LogP contribution is -2.15. The average Bonchev–Trinajstić information content (AvgIpc) is 2.96. The summed E-state index contributed by atoms with van der Waals surface area (Å²) in [7, 11) is -4.17. The van der Waals surface area contributed by atoms with Gasteiger partial charge in [0.05, 0.1) is 34.9 Å². The number of nitriles is 1. The van der Waals surface area contributed by atoms with Gasteiger partial charge in [-0.25, -0.2) is 17.5 Å². The van der Waals surface area contributed by atoms with Crippen molar-refractivity contribution in [1.29, 1.82) is 5.26 Å². The van der Waals surface area contributed by atoms with Gasteiger partial charge in [-0.2, -0.15) is 10.4 Å². The van der Waals surface area contributed by atoms with Crippen LogP contribution in [0.2, 0.25) is 0 Å². The van der Waals surface area contributed by atoms with Crippen molar-refractivity contribution in [3.8, 4) is 11.8 Å². The van der Waals surface area contributed by atoms with Crippen molar-refractivity contribution in [2.45, 2.75) is 25.7 Å². The van der Waals surface area contributed by atoms with Crippen LogP contribution >= 0.6 is 0 Å². The third-order valence-corrected chi connectivity index (χ3v) is 5.60. The minimum absolute atomic E-state index is 0.0466. The van der Waals surface area contributed by atoms with Gasteiger partial charge < -0.3 is 0 Å². The summed E-state index contributed by atoms with van der Waals surface area (Å²) in [6.45, 7) is 5.62. The number of aryl methyl sites for hydroxylation is 2. The molecular weight excluding hydrogens is 367 g/mol. The van der Waals surface area contributed by atoms with Crippen molar-refractivity contribution in [2.75, 3.05) is 4.72 Å². The van der Waals surface area contributed by atoms with Crippen LogP contribution in [-0.4, -0.2) is 18.2 Å². The van der Waals surface area contributed by atoms with Crippen LogP contribution in [0.4, 0.5) is 10.1 Å². The van der Waals surface area contributed by atoms with Crippen molar-refractivity contribution in [1.82, 2.24) is 9.78 Å². The van der Waals surface area contributed by atoms with Crippen LogP contribution < -0.4 is 4.72 Å². The van der Waals surface area contributed by atoms with Gasteiger partial charge in [-0.3, -0.25) is 4.72 Å². The monoisotopic (exact) mass is 384 g/mol. The quantitative estimate of drug-likeness (QED) is 0.744. The van der Waals surface area contributed by atoms with E-state index in [9.17, 15) is 12.8 Å². The Hall–Kier alpha value is -3.18. The number of nitrogens with zero attached hydrogens (tertiary/aromatic N) is 3. The molecule has 0 saturated carbocycles. The van der Waals surface area contributed by atoms with E-state index >= 15 is 0 Å². The van der Waals surface area contributed by atoms with Crippen LogP contribution in [0.25, 0.3) is 5.69 Å². The highest BCUT2D eigenvalue weighted by atomic mass is 32.2. The van der Waals surface area contributed by atoms with Gasteiger partial charge in [0, 0.05) is 0 Å². The standard InChI is InChI=1S/C19H17FN4O2S/c1-12-4-5-13(2)18(8-12)24-14(3)17(11-22-24)23-27(25,26)19-7-6-15(10-21)9-16(19)20/h4-9,11,23H,1-3H3. The number of benzene rings is 2. The predicted molar refractivity (Wildman–Crippen MR) is 99.7 cm³/mol. The maximum Gasteiger partial charge on any atom is 0.264 e. The number of sulfonamides is 1.